The zero-order valence-corrected chi connectivity index (χ0v) is 9.80. The van der Waals surface area contributed by atoms with Crippen molar-refractivity contribution in [1.29, 1.82) is 5.26 Å². The maximum absolute atomic E-state index is 11.4. The van der Waals surface area contributed by atoms with E-state index in [0.717, 1.165) is 11.7 Å². The van der Waals surface area contributed by atoms with E-state index in [1.165, 1.54) is 19.2 Å². The first-order valence-electron chi connectivity index (χ1n) is 4.84. The molecule has 0 N–H and O–H groups in total. The average molecular weight is 250 g/mol. The van der Waals surface area contributed by atoms with Crippen molar-refractivity contribution < 1.29 is 23.9 Å². The molecule has 0 amide bonds. The number of ether oxygens (including phenoxy) is 2. The first-order chi connectivity index (χ1) is 8.54. The molecule has 1 heterocycles. The number of carbonyl (C=O) groups is 3. The summed E-state index contributed by atoms with van der Waals surface area (Å²) in [5, 5.41) is 8.84. The van der Waals surface area contributed by atoms with E-state index in [-0.39, 0.29) is 11.4 Å². The minimum atomic E-state index is -1.04. The Morgan fingerprint density at radius 1 is 1.28 bits per heavy atom. The second kappa shape index (κ2) is 5.63. The largest absolute Gasteiger partial charge is 0.464 e. The molecule has 0 aliphatic carbocycles. The predicted octanol–water partition coefficient (Wildman–Crippen LogP) is -0.112. The molecule has 0 saturated carbocycles. The van der Waals surface area contributed by atoms with Gasteiger partial charge in [-0.15, -0.1) is 0 Å². The highest BCUT2D eigenvalue weighted by Gasteiger charge is 2.21. The fraction of sp³-hybridized carbons (Fsp3) is 0.273. The van der Waals surface area contributed by atoms with Gasteiger partial charge in [-0.25, -0.2) is 9.59 Å². The predicted molar refractivity (Wildman–Crippen MR) is 57.5 cm³/mol. The van der Waals surface area contributed by atoms with Crippen LogP contribution in [0.5, 0.6) is 0 Å². The maximum Gasteiger partial charge on any atom is 0.376 e. The Bertz CT molecular complexity index is 538. The molecular weight excluding hydrogens is 240 g/mol. The molecule has 0 aliphatic heterocycles. The summed E-state index contributed by atoms with van der Waals surface area (Å²) in [5.41, 5.74) is 0.0963. The van der Waals surface area contributed by atoms with Crippen molar-refractivity contribution in [2.75, 3.05) is 14.2 Å². The first-order valence-corrected chi connectivity index (χ1v) is 4.84. The summed E-state index contributed by atoms with van der Waals surface area (Å²) in [4.78, 5) is 33.8. The first kappa shape index (κ1) is 13.4. The highest BCUT2D eigenvalue weighted by Crippen LogP contribution is 2.10. The van der Waals surface area contributed by atoms with Crippen molar-refractivity contribution in [1.82, 2.24) is 4.57 Å². The Morgan fingerprint density at radius 2 is 1.94 bits per heavy atom. The van der Waals surface area contributed by atoms with Crippen LogP contribution in [-0.2, 0) is 25.6 Å². The Balaban J connectivity index is 3.10. The van der Waals surface area contributed by atoms with E-state index in [0.29, 0.717) is 0 Å². The van der Waals surface area contributed by atoms with Gasteiger partial charge in [0.15, 0.2) is 0 Å². The molecule has 1 aromatic rings. The summed E-state index contributed by atoms with van der Waals surface area (Å²) in [5.74, 6) is -2.60. The van der Waals surface area contributed by atoms with Crippen molar-refractivity contribution in [2.24, 2.45) is 0 Å². The van der Waals surface area contributed by atoms with E-state index < -0.39 is 24.3 Å². The lowest BCUT2D eigenvalue weighted by molar-refractivity contribution is -0.151. The quantitative estimate of drug-likeness (QED) is 0.546. The van der Waals surface area contributed by atoms with Gasteiger partial charge in [0.2, 0.25) is 0 Å². The number of methoxy groups -OCH3 is 2. The summed E-state index contributed by atoms with van der Waals surface area (Å²) in [6, 6.07) is 4.51. The number of hydrogen-bond donors (Lipinski definition) is 0. The molecule has 0 unspecified atom stereocenters. The van der Waals surface area contributed by atoms with Crippen LogP contribution in [0.3, 0.4) is 0 Å². The number of rotatable bonds is 4. The lowest BCUT2D eigenvalue weighted by Gasteiger charge is -2.07. The standard InChI is InChI=1S/C11H10N2O5/c1-17-10(15)8-4-3-7(5-12)13(8)6-9(14)11(16)18-2/h3-4H,6H2,1-2H3. The molecule has 0 radical (unpaired) electrons. The number of nitriles is 1. The molecule has 0 saturated heterocycles. The molecule has 7 nitrogen and oxygen atoms in total. The second-order valence-electron chi connectivity index (χ2n) is 3.21. The van der Waals surface area contributed by atoms with Gasteiger partial charge in [-0.3, -0.25) is 4.79 Å². The van der Waals surface area contributed by atoms with E-state index in [1.54, 1.807) is 0 Å². The third-order valence-electron chi connectivity index (χ3n) is 2.20. The Kier molecular flexibility index (Phi) is 4.21. The van der Waals surface area contributed by atoms with E-state index in [1.807, 2.05) is 6.07 Å². The number of aromatic nitrogens is 1. The van der Waals surface area contributed by atoms with Crippen molar-refractivity contribution in [3.63, 3.8) is 0 Å². The third kappa shape index (κ3) is 2.55. The normalized spacial score (nSPS) is 9.39. The number of ketones is 1. The summed E-state index contributed by atoms with van der Waals surface area (Å²) >= 11 is 0. The molecule has 18 heavy (non-hydrogen) atoms. The molecule has 0 fully saturated rings. The van der Waals surface area contributed by atoms with E-state index in [2.05, 4.69) is 9.47 Å². The van der Waals surface area contributed by atoms with Gasteiger partial charge in [0.25, 0.3) is 5.78 Å². The zero-order chi connectivity index (χ0) is 13.7. The maximum atomic E-state index is 11.4. The lowest BCUT2D eigenvalue weighted by Crippen LogP contribution is -2.24. The number of nitrogens with zero attached hydrogens (tertiary/aromatic N) is 2. The topological polar surface area (TPSA) is 98.4 Å². The lowest BCUT2D eigenvalue weighted by atomic mass is 10.3. The Hall–Kier alpha value is -2.62. The van der Waals surface area contributed by atoms with Crippen LogP contribution in [0.15, 0.2) is 12.1 Å². The minimum Gasteiger partial charge on any atom is -0.464 e. The van der Waals surface area contributed by atoms with E-state index >= 15 is 0 Å². The number of esters is 2. The second-order valence-corrected chi connectivity index (χ2v) is 3.21. The van der Waals surface area contributed by atoms with Crippen LogP contribution in [-0.4, -0.2) is 36.5 Å². The SMILES string of the molecule is COC(=O)C(=O)Cn1c(C#N)ccc1C(=O)OC. The fourth-order valence-corrected chi connectivity index (χ4v) is 1.34. The van der Waals surface area contributed by atoms with Gasteiger partial charge in [0.05, 0.1) is 20.8 Å². The Labute approximate surface area is 103 Å². The molecule has 0 atom stereocenters. The van der Waals surface area contributed by atoms with Gasteiger partial charge in [-0.05, 0) is 12.1 Å². The molecule has 0 aliphatic rings. The average Bonchev–Trinajstić information content (AvgIpc) is 2.79. The van der Waals surface area contributed by atoms with Crippen LogP contribution < -0.4 is 0 Å². The zero-order valence-electron chi connectivity index (χ0n) is 9.80. The Morgan fingerprint density at radius 3 is 2.44 bits per heavy atom. The van der Waals surface area contributed by atoms with Gasteiger partial charge >= 0.3 is 11.9 Å². The van der Waals surface area contributed by atoms with Crippen LogP contribution in [0.25, 0.3) is 0 Å². The molecule has 0 aromatic carbocycles. The molecule has 0 bridgehead atoms. The monoisotopic (exact) mass is 250 g/mol. The van der Waals surface area contributed by atoms with Gasteiger partial charge in [0.1, 0.15) is 17.5 Å². The summed E-state index contributed by atoms with van der Waals surface area (Å²) in [6.45, 7) is -0.451. The molecule has 1 rings (SSSR count). The van der Waals surface area contributed by atoms with Crippen LogP contribution >= 0.6 is 0 Å². The minimum absolute atomic E-state index is 0.0197. The highest BCUT2D eigenvalue weighted by atomic mass is 16.5. The van der Waals surface area contributed by atoms with Crippen molar-refractivity contribution in [2.45, 2.75) is 6.54 Å². The van der Waals surface area contributed by atoms with Crippen molar-refractivity contribution in [3.8, 4) is 6.07 Å². The highest BCUT2D eigenvalue weighted by molar-refractivity contribution is 6.33. The molecular formula is C11H10N2O5. The number of carbonyl (C=O) groups excluding carboxylic acids is 3. The van der Waals surface area contributed by atoms with Crippen LogP contribution in [0.1, 0.15) is 16.2 Å². The van der Waals surface area contributed by atoms with E-state index in [4.69, 9.17) is 5.26 Å². The number of Topliss-reactive ketones (excluding diaryl/α,β-unsaturated/α-hetero) is 1. The molecule has 1 aromatic heterocycles. The van der Waals surface area contributed by atoms with Gasteiger partial charge in [-0.1, -0.05) is 0 Å². The van der Waals surface area contributed by atoms with Crippen LogP contribution in [0.2, 0.25) is 0 Å². The third-order valence-corrected chi connectivity index (χ3v) is 2.20. The summed E-state index contributed by atoms with van der Waals surface area (Å²) in [6.07, 6.45) is 0. The van der Waals surface area contributed by atoms with E-state index in [9.17, 15) is 14.4 Å². The molecule has 94 valence electrons. The molecule has 7 heteroatoms. The van der Waals surface area contributed by atoms with Gasteiger partial charge in [-0.2, -0.15) is 5.26 Å². The number of hydrogen-bond acceptors (Lipinski definition) is 6. The van der Waals surface area contributed by atoms with Crippen molar-refractivity contribution >= 4 is 17.7 Å². The van der Waals surface area contributed by atoms with Gasteiger partial charge in [0, 0.05) is 0 Å². The fourth-order valence-electron chi connectivity index (χ4n) is 1.34. The smallest absolute Gasteiger partial charge is 0.376 e. The van der Waals surface area contributed by atoms with Crippen LogP contribution in [0.4, 0.5) is 0 Å². The van der Waals surface area contributed by atoms with Gasteiger partial charge < -0.3 is 14.0 Å². The van der Waals surface area contributed by atoms with Crippen molar-refractivity contribution in [3.05, 3.63) is 23.5 Å². The van der Waals surface area contributed by atoms with Crippen LogP contribution in [0, 0.1) is 11.3 Å². The summed E-state index contributed by atoms with van der Waals surface area (Å²) < 4.78 is 9.87. The molecule has 0 spiro atoms. The summed E-state index contributed by atoms with van der Waals surface area (Å²) in [7, 11) is 2.25.